The topological polar surface area (TPSA) is 53.5 Å². The lowest BCUT2D eigenvalue weighted by Gasteiger charge is -2.29. The summed E-state index contributed by atoms with van der Waals surface area (Å²) in [5.41, 5.74) is 0. The molecular weight excluding hydrogens is 230 g/mol. The molecule has 1 N–H and O–H groups in total. The van der Waals surface area contributed by atoms with Crippen LogP contribution in [0.25, 0.3) is 0 Å². The summed E-state index contributed by atoms with van der Waals surface area (Å²) in [6.45, 7) is 6.45. The molecule has 0 aromatic carbocycles. The van der Waals surface area contributed by atoms with Crippen LogP contribution in [0.15, 0.2) is 12.4 Å². The molecule has 18 heavy (non-hydrogen) atoms. The largest absolute Gasteiger partial charge is 0.481 e. The van der Waals surface area contributed by atoms with Crippen molar-refractivity contribution in [2.75, 3.05) is 58.3 Å². The lowest BCUT2D eigenvalue weighted by atomic mass is 10.3. The highest BCUT2D eigenvalue weighted by Crippen LogP contribution is 2.13. The van der Waals surface area contributed by atoms with E-state index in [1.165, 1.54) is 6.33 Å². The van der Waals surface area contributed by atoms with Crippen molar-refractivity contribution in [1.82, 2.24) is 20.2 Å². The molecule has 6 nitrogen and oxygen atoms in total. The van der Waals surface area contributed by atoms with Crippen LogP contribution in [-0.2, 0) is 0 Å². The number of nitrogens with one attached hydrogen (secondary N) is 1. The second kappa shape index (κ2) is 6.51. The van der Waals surface area contributed by atoms with Gasteiger partial charge in [-0.15, -0.1) is 0 Å². The van der Waals surface area contributed by atoms with E-state index >= 15 is 0 Å². The molecule has 0 radical (unpaired) electrons. The van der Waals surface area contributed by atoms with Crippen LogP contribution in [0, 0.1) is 0 Å². The summed E-state index contributed by atoms with van der Waals surface area (Å²) in [6.07, 6.45) is 1.54. The predicted molar refractivity (Wildman–Crippen MR) is 71.2 cm³/mol. The van der Waals surface area contributed by atoms with Crippen LogP contribution in [0.2, 0.25) is 0 Å². The molecule has 1 fully saturated rings. The van der Waals surface area contributed by atoms with E-state index in [4.69, 9.17) is 4.74 Å². The van der Waals surface area contributed by atoms with Crippen molar-refractivity contribution < 1.29 is 4.74 Å². The highest BCUT2D eigenvalue weighted by atomic mass is 16.5. The van der Waals surface area contributed by atoms with Crippen molar-refractivity contribution >= 4 is 5.82 Å². The smallest absolute Gasteiger partial charge is 0.218 e. The van der Waals surface area contributed by atoms with Gasteiger partial charge in [-0.1, -0.05) is 0 Å². The molecule has 0 atom stereocenters. The fraction of sp³-hybridized carbons (Fsp3) is 0.667. The molecule has 1 aromatic rings. The Morgan fingerprint density at radius 3 is 2.89 bits per heavy atom. The number of nitrogens with zero attached hydrogens (tertiary/aromatic N) is 4. The summed E-state index contributed by atoms with van der Waals surface area (Å²) in [5, 5.41) is 3.36. The lowest BCUT2D eigenvalue weighted by Crippen LogP contribution is -2.46. The summed E-state index contributed by atoms with van der Waals surface area (Å²) in [7, 11) is 3.66. The van der Waals surface area contributed by atoms with Crippen LogP contribution in [0.3, 0.4) is 0 Å². The Hall–Kier alpha value is -1.40. The van der Waals surface area contributed by atoms with E-state index in [0.717, 1.165) is 45.1 Å². The van der Waals surface area contributed by atoms with Gasteiger partial charge in [-0.3, -0.25) is 4.90 Å². The molecule has 0 bridgehead atoms. The van der Waals surface area contributed by atoms with Crippen molar-refractivity contribution in [3.63, 3.8) is 0 Å². The second-order valence-electron chi connectivity index (χ2n) is 4.43. The van der Waals surface area contributed by atoms with Crippen LogP contribution in [0.1, 0.15) is 0 Å². The Bertz CT molecular complexity index is 367. The van der Waals surface area contributed by atoms with Gasteiger partial charge in [0.25, 0.3) is 0 Å². The maximum atomic E-state index is 5.10. The zero-order valence-electron chi connectivity index (χ0n) is 11.1. The van der Waals surface area contributed by atoms with E-state index < -0.39 is 0 Å². The minimum atomic E-state index is 0.606. The van der Waals surface area contributed by atoms with Gasteiger partial charge < -0.3 is 15.0 Å². The molecule has 0 aliphatic carbocycles. The van der Waals surface area contributed by atoms with Crippen LogP contribution in [0.5, 0.6) is 5.88 Å². The number of hydrogen-bond acceptors (Lipinski definition) is 6. The first-order valence-corrected chi connectivity index (χ1v) is 6.30. The first-order valence-electron chi connectivity index (χ1n) is 6.30. The van der Waals surface area contributed by atoms with Crippen LogP contribution < -0.4 is 15.0 Å². The highest BCUT2D eigenvalue weighted by molar-refractivity contribution is 5.39. The molecule has 1 aromatic heterocycles. The monoisotopic (exact) mass is 251 g/mol. The zero-order chi connectivity index (χ0) is 12.8. The Morgan fingerprint density at radius 2 is 2.17 bits per heavy atom. The Balaban J connectivity index is 1.84. The molecule has 1 aliphatic rings. The van der Waals surface area contributed by atoms with E-state index in [0.29, 0.717) is 5.88 Å². The summed E-state index contributed by atoms with van der Waals surface area (Å²) in [6, 6.07) is 1.86. The number of methoxy groups -OCH3 is 1. The first kappa shape index (κ1) is 13.0. The zero-order valence-corrected chi connectivity index (χ0v) is 11.1. The third-order valence-corrected chi connectivity index (χ3v) is 3.19. The van der Waals surface area contributed by atoms with Crippen molar-refractivity contribution in [3.8, 4) is 5.88 Å². The molecule has 0 amide bonds. The number of likely N-dealkylation sites (N-methyl/N-ethyl adjacent to an activating group) is 1. The molecule has 100 valence electrons. The maximum Gasteiger partial charge on any atom is 0.218 e. The summed E-state index contributed by atoms with van der Waals surface area (Å²) in [4.78, 5) is 12.9. The van der Waals surface area contributed by atoms with Crippen molar-refractivity contribution in [1.29, 1.82) is 0 Å². The third-order valence-electron chi connectivity index (χ3n) is 3.19. The van der Waals surface area contributed by atoms with Gasteiger partial charge in [-0.05, 0) is 0 Å². The van der Waals surface area contributed by atoms with E-state index in [1.807, 2.05) is 13.1 Å². The van der Waals surface area contributed by atoms with Crippen molar-refractivity contribution in [2.45, 2.75) is 0 Å². The Kier molecular flexibility index (Phi) is 4.72. The van der Waals surface area contributed by atoms with Gasteiger partial charge in [0.1, 0.15) is 12.1 Å². The fourth-order valence-electron chi connectivity index (χ4n) is 1.99. The number of rotatable bonds is 5. The maximum absolute atomic E-state index is 5.10. The molecular formula is C12H21N5O. The SMILES string of the molecule is COc1cc(N(C)CCN2CCNCC2)ncn1. The van der Waals surface area contributed by atoms with Crippen LogP contribution in [-0.4, -0.2) is 68.3 Å². The molecule has 0 unspecified atom stereocenters. The van der Waals surface area contributed by atoms with Gasteiger partial charge in [0.15, 0.2) is 0 Å². The number of hydrogen-bond donors (Lipinski definition) is 1. The molecule has 6 heteroatoms. The van der Waals surface area contributed by atoms with E-state index in [2.05, 4.69) is 25.1 Å². The van der Waals surface area contributed by atoms with Crippen LogP contribution >= 0.6 is 0 Å². The average Bonchev–Trinajstić information content (AvgIpc) is 2.46. The Labute approximate surface area is 108 Å². The van der Waals surface area contributed by atoms with Gasteiger partial charge in [-0.2, -0.15) is 0 Å². The standard InChI is InChI=1S/C12H21N5O/c1-16(7-8-17-5-3-13-4-6-17)11-9-12(18-2)15-10-14-11/h9-10,13H,3-8H2,1-2H3. The van der Waals surface area contributed by atoms with E-state index in [9.17, 15) is 0 Å². The van der Waals surface area contributed by atoms with Gasteiger partial charge in [0.2, 0.25) is 5.88 Å². The minimum absolute atomic E-state index is 0.606. The second-order valence-corrected chi connectivity index (χ2v) is 4.43. The van der Waals surface area contributed by atoms with Gasteiger partial charge in [0.05, 0.1) is 7.11 Å². The summed E-state index contributed by atoms with van der Waals surface area (Å²) >= 11 is 0. The number of piperazine rings is 1. The molecule has 1 aliphatic heterocycles. The number of anilines is 1. The third kappa shape index (κ3) is 3.54. The number of aromatic nitrogens is 2. The molecule has 1 saturated heterocycles. The quantitative estimate of drug-likeness (QED) is 0.784. The summed E-state index contributed by atoms with van der Waals surface area (Å²) < 4.78 is 5.10. The van der Waals surface area contributed by atoms with Gasteiger partial charge in [0, 0.05) is 52.4 Å². The minimum Gasteiger partial charge on any atom is -0.481 e. The lowest BCUT2D eigenvalue weighted by molar-refractivity contribution is 0.246. The average molecular weight is 251 g/mol. The normalized spacial score (nSPS) is 16.6. The molecule has 0 saturated carbocycles. The van der Waals surface area contributed by atoms with Crippen LogP contribution in [0.4, 0.5) is 5.82 Å². The van der Waals surface area contributed by atoms with Gasteiger partial charge >= 0.3 is 0 Å². The van der Waals surface area contributed by atoms with Gasteiger partial charge in [-0.25, -0.2) is 9.97 Å². The number of ether oxygens (including phenoxy) is 1. The Morgan fingerprint density at radius 1 is 1.39 bits per heavy atom. The summed E-state index contributed by atoms with van der Waals surface area (Å²) in [5.74, 6) is 1.51. The molecule has 2 rings (SSSR count). The van der Waals surface area contributed by atoms with Crippen molar-refractivity contribution in [3.05, 3.63) is 12.4 Å². The predicted octanol–water partition coefficient (Wildman–Crippen LogP) is -0.173. The first-order chi connectivity index (χ1) is 8.79. The molecule has 2 heterocycles. The van der Waals surface area contributed by atoms with E-state index in [-0.39, 0.29) is 0 Å². The fourth-order valence-corrected chi connectivity index (χ4v) is 1.99. The van der Waals surface area contributed by atoms with E-state index in [1.54, 1.807) is 7.11 Å². The molecule has 0 spiro atoms. The van der Waals surface area contributed by atoms with Crippen molar-refractivity contribution in [2.24, 2.45) is 0 Å². The highest BCUT2D eigenvalue weighted by Gasteiger charge is 2.11.